The highest BCUT2D eigenvalue weighted by Gasteiger charge is 2.19. The minimum atomic E-state index is 0.136. The maximum atomic E-state index is 13.1. The summed E-state index contributed by atoms with van der Waals surface area (Å²) < 4.78 is 0. The molecule has 126 valence electrons. The fraction of sp³-hybridized carbons (Fsp3) is 0.381. The number of ketones is 1. The number of hydrogen-bond donors (Lipinski definition) is 0. The van der Waals surface area contributed by atoms with Gasteiger partial charge in [0.05, 0.1) is 0 Å². The summed E-state index contributed by atoms with van der Waals surface area (Å²) in [6, 6.07) is 14.1. The Morgan fingerprint density at radius 3 is 2.38 bits per heavy atom. The average molecular weight is 322 g/mol. The van der Waals surface area contributed by atoms with Gasteiger partial charge < -0.3 is 4.90 Å². The van der Waals surface area contributed by atoms with Crippen LogP contribution in [0.1, 0.15) is 32.6 Å². The maximum absolute atomic E-state index is 13.1. The Bertz CT molecular complexity index is 730. The van der Waals surface area contributed by atoms with Crippen molar-refractivity contribution in [2.45, 2.75) is 20.4 Å². The van der Waals surface area contributed by atoms with E-state index in [4.69, 9.17) is 0 Å². The molecule has 2 aromatic rings. The monoisotopic (exact) mass is 322 g/mol. The molecule has 2 aromatic carbocycles. The van der Waals surface area contributed by atoms with Gasteiger partial charge in [0.2, 0.25) is 0 Å². The summed E-state index contributed by atoms with van der Waals surface area (Å²) in [5.41, 5.74) is 5.02. The number of likely N-dealkylation sites (N-methyl/N-ethyl adjacent to an activating group) is 1. The highest BCUT2D eigenvalue weighted by Crippen LogP contribution is 2.20. The van der Waals surface area contributed by atoms with Gasteiger partial charge in [0, 0.05) is 43.9 Å². The highest BCUT2D eigenvalue weighted by atomic mass is 16.1. The highest BCUT2D eigenvalue weighted by molar-refractivity contribution is 6.10. The molecule has 1 saturated heterocycles. The topological polar surface area (TPSA) is 23.6 Å². The van der Waals surface area contributed by atoms with Gasteiger partial charge in [0.25, 0.3) is 0 Å². The van der Waals surface area contributed by atoms with Crippen molar-refractivity contribution in [2.75, 3.05) is 33.2 Å². The number of rotatable bonds is 4. The molecule has 3 heteroatoms. The zero-order valence-corrected chi connectivity index (χ0v) is 14.9. The van der Waals surface area contributed by atoms with Crippen LogP contribution in [0.2, 0.25) is 0 Å². The van der Waals surface area contributed by atoms with Crippen LogP contribution < -0.4 is 0 Å². The van der Waals surface area contributed by atoms with E-state index in [0.29, 0.717) is 0 Å². The number of hydrogen-bond acceptors (Lipinski definition) is 3. The number of piperazine rings is 1. The molecule has 0 atom stereocenters. The third-order valence-corrected chi connectivity index (χ3v) is 4.88. The standard InChI is InChI=1S/C21H26N2O/c1-16-8-9-19(17(2)14-16)21(24)20-7-5-4-6-18(20)15-23-12-10-22(3)11-13-23/h4-9,14H,10-13,15H2,1-3H3. The van der Waals surface area contributed by atoms with Crippen LogP contribution in [0.4, 0.5) is 0 Å². The van der Waals surface area contributed by atoms with Crippen molar-refractivity contribution in [3.05, 3.63) is 70.3 Å². The Hall–Kier alpha value is -1.97. The van der Waals surface area contributed by atoms with Crippen molar-refractivity contribution in [3.8, 4) is 0 Å². The minimum absolute atomic E-state index is 0.136. The van der Waals surface area contributed by atoms with Gasteiger partial charge >= 0.3 is 0 Å². The second-order valence-electron chi connectivity index (χ2n) is 6.88. The Morgan fingerprint density at radius 1 is 0.958 bits per heavy atom. The van der Waals surface area contributed by atoms with Crippen LogP contribution >= 0.6 is 0 Å². The zero-order valence-electron chi connectivity index (χ0n) is 14.9. The lowest BCUT2D eigenvalue weighted by molar-refractivity contribution is 0.103. The molecule has 1 aliphatic heterocycles. The van der Waals surface area contributed by atoms with Crippen LogP contribution in [0.5, 0.6) is 0 Å². The number of nitrogens with zero attached hydrogens (tertiary/aromatic N) is 2. The van der Waals surface area contributed by atoms with Crippen molar-refractivity contribution in [1.29, 1.82) is 0 Å². The van der Waals surface area contributed by atoms with E-state index in [1.807, 2.05) is 37.3 Å². The van der Waals surface area contributed by atoms with E-state index >= 15 is 0 Å². The largest absolute Gasteiger partial charge is 0.304 e. The van der Waals surface area contributed by atoms with Gasteiger partial charge in [-0.1, -0.05) is 48.0 Å². The summed E-state index contributed by atoms with van der Waals surface area (Å²) in [7, 11) is 2.16. The van der Waals surface area contributed by atoms with Gasteiger partial charge in [-0.3, -0.25) is 9.69 Å². The molecular weight excluding hydrogens is 296 g/mol. The molecule has 0 amide bonds. The van der Waals surface area contributed by atoms with Crippen molar-refractivity contribution in [3.63, 3.8) is 0 Å². The SMILES string of the molecule is Cc1ccc(C(=O)c2ccccc2CN2CCN(C)CC2)c(C)c1. The predicted molar refractivity (Wildman–Crippen MR) is 98.6 cm³/mol. The Balaban J connectivity index is 1.84. The molecule has 3 nitrogen and oxygen atoms in total. The molecule has 1 fully saturated rings. The Labute approximate surface area is 144 Å². The number of carbonyl (C=O) groups is 1. The van der Waals surface area contributed by atoms with E-state index in [2.05, 4.69) is 35.9 Å². The minimum Gasteiger partial charge on any atom is -0.304 e. The molecule has 0 radical (unpaired) electrons. The molecule has 0 aliphatic carbocycles. The van der Waals surface area contributed by atoms with Crippen molar-refractivity contribution in [2.24, 2.45) is 0 Å². The summed E-state index contributed by atoms with van der Waals surface area (Å²) in [4.78, 5) is 17.9. The van der Waals surface area contributed by atoms with Crippen molar-refractivity contribution in [1.82, 2.24) is 9.80 Å². The first-order chi connectivity index (χ1) is 11.5. The van der Waals surface area contributed by atoms with E-state index in [-0.39, 0.29) is 5.78 Å². The van der Waals surface area contributed by atoms with E-state index in [1.54, 1.807) is 0 Å². The van der Waals surface area contributed by atoms with E-state index < -0.39 is 0 Å². The van der Waals surface area contributed by atoms with Gasteiger partial charge in [0.15, 0.2) is 5.78 Å². The summed E-state index contributed by atoms with van der Waals surface area (Å²) in [5, 5.41) is 0. The lowest BCUT2D eigenvalue weighted by Gasteiger charge is -2.32. The van der Waals surface area contributed by atoms with Crippen LogP contribution in [-0.4, -0.2) is 48.8 Å². The van der Waals surface area contributed by atoms with Gasteiger partial charge in [-0.15, -0.1) is 0 Å². The first kappa shape index (κ1) is 16.9. The first-order valence-corrected chi connectivity index (χ1v) is 8.65. The number of carbonyl (C=O) groups excluding carboxylic acids is 1. The normalized spacial score (nSPS) is 16.3. The molecule has 0 aromatic heterocycles. The van der Waals surface area contributed by atoms with Crippen LogP contribution in [0.25, 0.3) is 0 Å². The van der Waals surface area contributed by atoms with Gasteiger partial charge in [0.1, 0.15) is 0 Å². The summed E-state index contributed by atoms with van der Waals surface area (Å²) in [6.07, 6.45) is 0. The molecule has 24 heavy (non-hydrogen) atoms. The molecule has 0 bridgehead atoms. The molecule has 0 unspecified atom stereocenters. The van der Waals surface area contributed by atoms with Crippen LogP contribution in [0.15, 0.2) is 42.5 Å². The van der Waals surface area contributed by atoms with Crippen LogP contribution in [0.3, 0.4) is 0 Å². The van der Waals surface area contributed by atoms with Crippen molar-refractivity contribution < 1.29 is 4.79 Å². The fourth-order valence-electron chi connectivity index (χ4n) is 3.34. The van der Waals surface area contributed by atoms with E-state index in [0.717, 1.165) is 55.0 Å². The second-order valence-corrected chi connectivity index (χ2v) is 6.88. The third kappa shape index (κ3) is 3.74. The maximum Gasteiger partial charge on any atom is 0.193 e. The van der Waals surface area contributed by atoms with Gasteiger partial charge in [-0.05, 0) is 32.0 Å². The van der Waals surface area contributed by atoms with Crippen LogP contribution in [-0.2, 0) is 6.54 Å². The Morgan fingerprint density at radius 2 is 1.67 bits per heavy atom. The molecule has 1 heterocycles. The number of benzene rings is 2. The van der Waals surface area contributed by atoms with E-state index in [1.165, 1.54) is 5.56 Å². The lowest BCUT2D eigenvalue weighted by Crippen LogP contribution is -2.44. The first-order valence-electron chi connectivity index (χ1n) is 8.65. The smallest absolute Gasteiger partial charge is 0.193 e. The summed E-state index contributed by atoms with van der Waals surface area (Å²) >= 11 is 0. The third-order valence-electron chi connectivity index (χ3n) is 4.88. The van der Waals surface area contributed by atoms with Crippen LogP contribution in [0, 0.1) is 13.8 Å². The second kappa shape index (κ2) is 7.29. The fourth-order valence-corrected chi connectivity index (χ4v) is 3.34. The quantitative estimate of drug-likeness (QED) is 0.807. The van der Waals surface area contributed by atoms with Crippen molar-refractivity contribution >= 4 is 5.78 Å². The Kier molecular flexibility index (Phi) is 5.12. The predicted octanol–water partition coefficient (Wildman–Crippen LogP) is 3.28. The molecule has 0 saturated carbocycles. The number of aryl methyl sites for hydroxylation is 2. The summed E-state index contributed by atoms with van der Waals surface area (Å²) in [5.74, 6) is 0.136. The lowest BCUT2D eigenvalue weighted by atomic mass is 9.94. The van der Waals surface area contributed by atoms with Gasteiger partial charge in [-0.25, -0.2) is 0 Å². The molecule has 0 N–H and O–H groups in total. The molecule has 1 aliphatic rings. The van der Waals surface area contributed by atoms with Gasteiger partial charge in [-0.2, -0.15) is 0 Å². The zero-order chi connectivity index (χ0) is 17.1. The summed E-state index contributed by atoms with van der Waals surface area (Å²) in [6.45, 7) is 9.22. The molecular formula is C21H26N2O. The molecule has 3 rings (SSSR count). The van der Waals surface area contributed by atoms with E-state index in [9.17, 15) is 4.79 Å². The average Bonchev–Trinajstić information content (AvgIpc) is 2.57. The molecule has 0 spiro atoms.